The largest absolute Gasteiger partial charge is 0.465 e. The Morgan fingerprint density at radius 3 is 2.51 bits per heavy atom. The van der Waals surface area contributed by atoms with Gasteiger partial charge in [0.1, 0.15) is 0 Å². The highest BCUT2D eigenvalue weighted by Gasteiger charge is 2.14. The van der Waals surface area contributed by atoms with E-state index in [1.165, 1.54) is 17.9 Å². The first-order valence-corrected chi connectivity index (χ1v) is 11.7. The molecule has 8 nitrogen and oxygen atoms in total. The Balaban J connectivity index is 1.49. The molecule has 0 aliphatic heterocycles. The number of aromatic nitrogens is 2. The number of para-hydroxylation sites is 1. The number of nitrogens with zero attached hydrogens (tertiary/aromatic N) is 3. The van der Waals surface area contributed by atoms with E-state index < -0.39 is 5.97 Å². The summed E-state index contributed by atoms with van der Waals surface area (Å²) in [4.78, 5) is 41.7. The molecule has 1 heterocycles. The zero-order valence-corrected chi connectivity index (χ0v) is 20.0. The molecule has 4 aromatic rings. The first-order valence-electron chi connectivity index (χ1n) is 10.4. The zero-order chi connectivity index (χ0) is 24.8. The maximum atomic E-state index is 13.2. The summed E-state index contributed by atoms with van der Waals surface area (Å²) < 4.78 is 6.12. The standard InChI is InChI=1S/C25H19ClN4O4S/c1-34-24(33)17-8-6-16(7-9-17)14-27-29-22(31)15-35-25-28-21-5-3-2-4-20(21)23(32)30(25)19-12-10-18(26)11-13-19/h2-14H,15H2,1H3,(H,29,31)/b27-14+. The molecule has 0 radical (unpaired) electrons. The van der Waals surface area contributed by atoms with Crippen molar-refractivity contribution in [2.75, 3.05) is 12.9 Å². The molecule has 1 aromatic heterocycles. The van der Waals surface area contributed by atoms with Gasteiger partial charge in [0.25, 0.3) is 11.5 Å². The lowest BCUT2D eigenvalue weighted by atomic mass is 10.1. The number of hydrazone groups is 1. The molecule has 0 spiro atoms. The second-order valence-corrected chi connectivity index (χ2v) is 8.60. The molecule has 176 valence electrons. The minimum atomic E-state index is -0.432. The van der Waals surface area contributed by atoms with Crippen LogP contribution in [0.4, 0.5) is 0 Å². The number of fused-ring (bicyclic) bond motifs is 1. The first-order chi connectivity index (χ1) is 17.0. The lowest BCUT2D eigenvalue weighted by molar-refractivity contribution is -0.118. The molecule has 35 heavy (non-hydrogen) atoms. The second-order valence-electron chi connectivity index (χ2n) is 7.22. The molecule has 0 aliphatic rings. The molecule has 3 aromatic carbocycles. The molecule has 1 amide bonds. The quantitative estimate of drug-likeness (QED) is 0.133. The van der Waals surface area contributed by atoms with Crippen molar-refractivity contribution in [2.24, 2.45) is 5.10 Å². The van der Waals surface area contributed by atoms with Gasteiger partial charge in [-0.05, 0) is 54.1 Å². The highest BCUT2D eigenvalue weighted by atomic mass is 35.5. The number of carbonyl (C=O) groups excluding carboxylic acids is 2. The van der Waals surface area contributed by atoms with E-state index in [-0.39, 0.29) is 17.2 Å². The molecule has 0 fully saturated rings. The van der Waals surface area contributed by atoms with Crippen LogP contribution in [0, 0.1) is 0 Å². The van der Waals surface area contributed by atoms with Crippen molar-refractivity contribution in [3.63, 3.8) is 0 Å². The summed E-state index contributed by atoms with van der Waals surface area (Å²) in [6, 6.07) is 20.4. The van der Waals surface area contributed by atoms with E-state index in [0.29, 0.717) is 37.9 Å². The van der Waals surface area contributed by atoms with Gasteiger partial charge in [0.05, 0.1) is 41.2 Å². The summed E-state index contributed by atoms with van der Waals surface area (Å²) in [5.74, 6) is -0.822. The van der Waals surface area contributed by atoms with Gasteiger partial charge >= 0.3 is 5.97 Å². The van der Waals surface area contributed by atoms with Gasteiger partial charge in [-0.2, -0.15) is 5.10 Å². The van der Waals surface area contributed by atoms with Crippen molar-refractivity contribution in [1.29, 1.82) is 0 Å². The molecular weight excluding hydrogens is 488 g/mol. The molecular formula is C25H19ClN4O4S. The van der Waals surface area contributed by atoms with E-state index >= 15 is 0 Å². The first kappa shape index (κ1) is 24.2. The van der Waals surface area contributed by atoms with Gasteiger partial charge in [-0.15, -0.1) is 0 Å². The third-order valence-corrected chi connectivity index (χ3v) is 6.09. The minimum Gasteiger partial charge on any atom is -0.465 e. The summed E-state index contributed by atoms with van der Waals surface area (Å²) in [5, 5.41) is 5.33. The van der Waals surface area contributed by atoms with Crippen molar-refractivity contribution < 1.29 is 14.3 Å². The molecule has 10 heteroatoms. The number of halogens is 1. The van der Waals surface area contributed by atoms with Gasteiger partial charge in [-0.1, -0.05) is 47.6 Å². The van der Waals surface area contributed by atoms with E-state index in [0.717, 1.165) is 11.8 Å². The highest BCUT2D eigenvalue weighted by Crippen LogP contribution is 2.22. The van der Waals surface area contributed by atoms with Gasteiger partial charge in [0.2, 0.25) is 0 Å². The summed E-state index contributed by atoms with van der Waals surface area (Å²) in [5.41, 5.74) is 4.45. The van der Waals surface area contributed by atoms with Gasteiger partial charge < -0.3 is 4.74 Å². The molecule has 0 aliphatic carbocycles. The summed E-state index contributed by atoms with van der Waals surface area (Å²) in [7, 11) is 1.31. The second kappa shape index (κ2) is 11.0. The summed E-state index contributed by atoms with van der Waals surface area (Å²) in [6.45, 7) is 0. The van der Waals surface area contributed by atoms with Gasteiger partial charge in [-0.25, -0.2) is 15.2 Å². The Morgan fingerprint density at radius 1 is 1.09 bits per heavy atom. The van der Waals surface area contributed by atoms with Crippen molar-refractivity contribution in [1.82, 2.24) is 15.0 Å². The van der Waals surface area contributed by atoms with Crippen LogP contribution < -0.4 is 11.0 Å². The number of carbonyl (C=O) groups is 2. The number of amides is 1. The topological polar surface area (TPSA) is 103 Å². The lowest BCUT2D eigenvalue weighted by Crippen LogP contribution is -2.24. The molecule has 0 bridgehead atoms. The normalized spacial score (nSPS) is 11.0. The molecule has 0 atom stereocenters. The molecule has 4 rings (SSSR count). The average Bonchev–Trinajstić information content (AvgIpc) is 2.88. The van der Waals surface area contributed by atoms with E-state index in [4.69, 9.17) is 11.6 Å². The van der Waals surface area contributed by atoms with Crippen LogP contribution in [0.1, 0.15) is 15.9 Å². The fraction of sp³-hybridized carbons (Fsp3) is 0.0800. The summed E-state index contributed by atoms with van der Waals surface area (Å²) in [6.07, 6.45) is 1.46. The van der Waals surface area contributed by atoms with E-state index in [2.05, 4.69) is 20.2 Å². The van der Waals surface area contributed by atoms with E-state index in [9.17, 15) is 14.4 Å². The van der Waals surface area contributed by atoms with Gasteiger partial charge in [0, 0.05) is 5.02 Å². The zero-order valence-electron chi connectivity index (χ0n) is 18.5. The van der Waals surface area contributed by atoms with Gasteiger partial charge in [0.15, 0.2) is 5.16 Å². The minimum absolute atomic E-state index is 0.0169. The molecule has 0 saturated heterocycles. The van der Waals surface area contributed by atoms with Crippen molar-refractivity contribution >= 4 is 52.4 Å². The van der Waals surface area contributed by atoms with Crippen LogP contribution in [0.5, 0.6) is 0 Å². The number of esters is 1. The number of methoxy groups -OCH3 is 1. The maximum absolute atomic E-state index is 13.2. The number of nitrogens with one attached hydrogen (secondary N) is 1. The number of benzene rings is 3. The summed E-state index contributed by atoms with van der Waals surface area (Å²) >= 11 is 7.12. The van der Waals surface area contributed by atoms with Crippen LogP contribution in [0.15, 0.2) is 87.8 Å². The van der Waals surface area contributed by atoms with Crippen LogP contribution in [0.25, 0.3) is 16.6 Å². The predicted octanol–water partition coefficient (Wildman–Crippen LogP) is 4.07. The Labute approximate surface area is 209 Å². The van der Waals surface area contributed by atoms with Crippen LogP contribution >= 0.6 is 23.4 Å². The molecule has 0 unspecified atom stereocenters. The third kappa shape index (κ3) is 5.76. The van der Waals surface area contributed by atoms with Crippen molar-refractivity contribution in [2.45, 2.75) is 5.16 Å². The van der Waals surface area contributed by atoms with Crippen LogP contribution in [-0.2, 0) is 9.53 Å². The molecule has 0 saturated carbocycles. The van der Waals surface area contributed by atoms with E-state index in [1.54, 1.807) is 72.8 Å². The van der Waals surface area contributed by atoms with Crippen LogP contribution in [0.2, 0.25) is 5.02 Å². The van der Waals surface area contributed by atoms with Crippen molar-refractivity contribution in [3.8, 4) is 5.69 Å². The number of ether oxygens (including phenoxy) is 1. The predicted molar refractivity (Wildman–Crippen MR) is 137 cm³/mol. The Kier molecular flexibility index (Phi) is 7.59. The SMILES string of the molecule is COC(=O)c1ccc(/C=N/NC(=O)CSc2nc3ccccc3c(=O)n2-c2ccc(Cl)cc2)cc1. The fourth-order valence-corrected chi connectivity index (χ4v) is 4.12. The van der Waals surface area contributed by atoms with E-state index in [1.807, 2.05) is 0 Å². The average molecular weight is 507 g/mol. The smallest absolute Gasteiger partial charge is 0.337 e. The highest BCUT2D eigenvalue weighted by molar-refractivity contribution is 7.99. The number of hydrogen-bond acceptors (Lipinski definition) is 7. The Morgan fingerprint density at radius 2 is 1.80 bits per heavy atom. The lowest BCUT2D eigenvalue weighted by Gasteiger charge is -2.13. The monoisotopic (exact) mass is 506 g/mol. The van der Waals surface area contributed by atoms with Crippen molar-refractivity contribution in [3.05, 3.63) is 99.3 Å². The van der Waals surface area contributed by atoms with Crippen LogP contribution in [-0.4, -0.2) is 40.5 Å². The number of rotatable bonds is 7. The third-order valence-electron chi connectivity index (χ3n) is 4.90. The fourth-order valence-electron chi connectivity index (χ4n) is 3.19. The maximum Gasteiger partial charge on any atom is 0.337 e. The number of hydrogen-bond donors (Lipinski definition) is 1. The van der Waals surface area contributed by atoms with Crippen LogP contribution in [0.3, 0.4) is 0 Å². The Hall–Kier alpha value is -3.95. The number of thioether (sulfide) groups is 1. The Bertz CT molecular complexity index is 1470. The molecule has 1 N–H and O–H groups in total. The van der Waals surface area contributed by atoms with Gasteiger partial charge in [-0.3, -0.25) is 14.2 Å².